The van der Waals surface area contributed by atoms with Crippen LogP contribution in [0.5, 0.6) is 0 Å². The molecule has 0 bridgehead atoms. The van der Waals surface area contributed by atoms with Gasteiger partial charge in [0.1, 0.15) is 0 Å². The summed E-state index contributed by atoms with van der Waals surface area (Å²) >= 11 is 0. The zero-order valence-corrected chi connectivity index (χ0v) is 11.3. The Bertz CT molecular complexity index is 655. The number of nitrogens with one attached hydrogen (secondary N) is 2. The molecule has 1 heterocycles. The largest absolute Gasteiger partial charge is 0.349 e. The third-order valence-electron chi connectivity index (χ3n) is 2.53. The van der Waals surface area contributed by atoms with E-state index in [0.29, 0.717) is 5.82 Å². The Morgan fingerprint density at radius 3 is 2.65 bits per heavy atom. The zero-order chi connectivity index (χ0) is 14.4. The second-order valence-corrected chi connectivity index (χ2v) is 6.10. The van der Waals surface area contributed by atoms with E-state index in [-0.39, 0.29) is 29.5 Å². The summed E-state index contributed by atoms with van der Waals surface area (Å²) < 4.78 is 23.9. The molecule has 0 unspecified atom stereocenters. The highest BCUT2D eigenvalue weighted by Crippen LogP contribution is 2.10. The molecule has 1 aromatic carbocycles. The third-order valence-corrected chi connectivity index (χ3v) is 4.27. The molecule has 2 rings (SSSR count). The molecule has 0 aliphatic heterocycles. The number of rotatable bonds is 6. The van der Waals surface area contributed by atoms with Crippen LogP contribution in [0.3, 0.4) is 0 Å². The molecule has 0 aliphatic carbocycles. The average molecular weight is 295 g/mol. The second kappa shape index (κ2) is 6.24. The van der Waals surface area contributed by atoms with Gasteiger partial charge in [0.05, 0.1) is 17.2 Å². The van der Waals surface area contributed by atoms with Gasteiger partial charge in [0.25, 0.3) is 0 Å². The number of hydrogen-bond donors (Lipinski definition) is 2. The summed E-state index contributed by atoms with van der Waals surface area (Å²) in [6.45, 7) is 0.112. The molecular formula is C11H13N5O3S. The van der Waals surface area contributed by atoms with Gasteiger partial charge in [0, 0.05) is 6.42 Å². The lowest BCUT2D eigenvalue weighted by Crippen LogP contribution is -2.25. The van der Waals surface area contributed by atoms with Crippen LogP contribution in [0.4, 0.5) is 0 Å². The number of benzene rings is 1. The number of aromatic amines is 1. The maximum atomic E-state index is 11.9. The fourth-order valence-electron chi connectivity index (χ4n) is 1.50. The van der Waals surface area contributed by atoms with Crippen LogP contribution in [-0.2, 0) is 21.2 Å². The van der Waals surface area contributed by atoms with Crippen molar-refractivity contribution < 1.29 is 13.2 Å². The van der Waals surface area contributed by atoms with Gasteiger partial charge < -0.3 is 5.32 Å². The molecule has 1 amide bonds. The van der Waals surface area contributed by atoms with Crippen molar-refractivity contribution in [3.8, 4) is 0 Å². The van der Waals surface area contributed by atoms with E-state index in [0.717, 1.165) is 0 Å². The predicted octanol–water partition coefficient (Wildman–Crippen LogP) is -0.320. The van der Waals surface area contributed by atoms with Crippen molar-refractivity contribution >= 4 is 15.7 Å². The molecule has 1 aromatic heterocycles. The van der Waals surface area contributed by atoms with Crippen LogP contribution in [0.2, 0.25) is 0 Å². The van der Waals surface area contributed by atoms with E-state index in [1.807, 2.05) is 0 Å². The predicted molar refractivity (Wildman–Crippen MR) is 69.1 cm³/mol. The summed E-state index contributed by atoms with van der Waals surface area (Å²) in [6, 6.07) is 8.03. The van der Waals surface area contributed by atoms with E-state index >= 15 is 0 Å². The highest BCUT2D eigenvalue weighted by atomic mass is 32.2. The molecule has 0 atom stereocenters. The Labute approximate surface area is 115 Å². The SMILES string of the molecule is O=C(CCS(=O)(=O)c1ccccc1)NCc1nn[nH]n1. The molecule has 8 nitrogen and oxygen atoms in total. The number of carbonyl (C=O) groups excluding carboxylic acids is 1. The third kappa shape index (κ3) is 3.85. The number of nitrogens with zero attached hydrogens (tertiary/aromatic N) is 3. The number of tetrazole rings is 1. The van der Waals surface area contributed by atoms with E-state index in [9.17, 15) is 13.2 Å². The molecular weight excluding hydrogens is 282 g/mol. The van der Waals surface area contributed by atoms with Gasteiger partial charge in [-0.25, -0.2) is 8.42 Å². The molecule has 0 aliphatic rings. The normalized spacial score (nSPS) is 11.2. The van der Waals surface area contributed by atoms with Gasteiger partial charge in [0.2, 0.25) is 5.91 Å². The van der Waals surface area contributed by atoms with Crippen LogP contribution in [0.1, 0.15) is 12.2 Å². The standard InChI is InChI=1S/C11H13N5O3S/c17-11(12-8-10-13-15-16-14-10)6-7-20(18,19)9-4-2-1-3-5-9/h1-5H,6-8H2,(H,12,17)(H,13,14,15,16). The van der Waals surface area contributed by atoms with Crippen molar-refractivity contribution in [2.75, 3.05) is 5.75 Å². The minimum Gasteiger partial charge on any atom is -0.349 e. The van der Waals surface area contributed by atoms with Crippen LogP contribution in [0, 0.1) is 0 Å². The average Bonchev–Trinajstić information content (AvgIpc) is 2.97. The number of aromatic nitrogens is 4. The number of hydrogen-bond acceptors (Lipinski definition) is 6. The number of amides is 1. The Kier molecular flexibility index (Phi) is 4.41. The van der Waals surface area contributed by atoms with Crippen molar-refractivity contribution in [1.29, 1.82) is 0 Å². The molecule has 0 radical (unpaired) electrons. The van der Waals surface area contributed by atoms with Crippen molar-refractivity contribution in [1.82, 2.24) is 25.9 Å². The molecule has 2 aromatic rings. The van der Waals surface area contributed by atoms with E-state index in [4.69, 9.17) is 0 Å². The molecule has 0 spiro atoms. The zero-order valence-electron chi connectivity index (χ0n) is 10.5. The van der Waals surface area contributed by atoms with Gasteiger partial charge in [-0.05, 0) is 12.1 Å². The summed E-state index contributed by atoms with van der Waals surface area (Å²) in [7, 11) is -3.44. The summed E-state index contributed by atoms with van der Waals surface area (Å²) in [4.78, 5) is 11.8. The van der Waals surface area contributed by atoms with Crippen molar-refractivity contribution in [2.24, 2.45) is 0 Å². The smallest absolute Gasteiger partial charge is 0.221 e. The highest BCUT2D eigenvalue weighted by Gasteiger charge is 2.16. The molecule has 0 saturated carbocycles. The number of carbonyl (C=O) groups is 1. The lowest BCUT2D eigenvalue weighted by atomic mass is 10.4. The molecule has 0 fully saturated rings. The molecule has 106 valence electrons. The quantitative estimate of drug-likeness (QED) is 0.754. The van der Waals surface area contributed by atoms with Crippen molar-refractivity contribution in [3.63, 3.8) is 0 Å². The van der Waals surface area contributed by atoms with Crippen LogP contribution in [0.15, 0.2) is 35.2 Å². The maximum Gasteiger partial charge on any atom is 0.221 e. The maximum absolute atomic E-state index is 11.9. The van der Waals surface area contributed by atoms with Gasteiger partial charge in [-0.3, -0.25) is 4.79 Å². The Morgan fingerprint density at radius 1 is 1.25 bits per heavy atom. The summed E-state index contributed by atoms with van der Waals surface area (Å²) in [5.74, 6) is -0.284. The minimum atomic E-state index is -3.44. The highest BCUT2D eigenvalue weighted by molar-refractivity contribution is 7.91. The summed E-state index contributed by atoms with van der Waals surface area (Å²) in [6.07, 6.45) is -0.116. The van der Waals surface area contributed by atoms with E-state index < -0.39 is 9.84 Å². The van der Waals surface area contributed by atoms with Gasteiger partial charge in [0.15, 0.2) is 15.7 Å². The number of sulfone groups is 1. The van der Waals surface area contributed by atoms with E-state index in [1.54, 1.807) is 18.2 Å². The molecule has 0 saturated heterocycles. The van der Waals surface area contributed by atoms with Crippen LogP contribution in [-0.4, -0.2) is 40.7 Å². The Balaban J connectivity index is 1.84. The lowest BCUT2D eigenvalue weighted by molar-refractivity contribution is -0.120. The minimum absolute atomic E-state index is 0.112. The topological polar surface area (TPSA) is 118 Å². The number of H-pyrrole nitrogens is 1. The van der Waals surface area contributed by atoms with Crippen LogP contribution < -0.4 is 5.32 Å². The molecule has 20 heavy (non-hydrogen) atoms. The summed E-state index contributed by atoms with van der Waals surface area (Å²) in [5, 5.41) is 15.4. The summed E-state index contributed by atoms with van der Waals surface area (Å²) in [5.41, 5.74) is 0. The first-order valence-corrected chi connectivity index (χ1v) is 7.50. The molecule has 2 N–H and O–H groups in total. The second-order valence-electron chi connectivity index (χ2n) is 3.99. The van der Waals surface area contributed by atoms with E-state index in [2.05, 4.69) is 25.9 Å². The first-order chi connectivity index (χ1) is 9.58. The van der Waals surface area contributed by atoms with Gasteiger partial charge in [-0.2, -0.15) is 5.21 Å². The van der Waals surface area contributed by atoms with E-state index in [1.165, 1.54) is 12.1 Å². The fourth-order valence-corrected chi connectivity index (χ4v) is 2.76. The van der Waals surface area contributed by atoms with Crippen molar-refractivity contribution in [2.45, 2.75) is 17.9 Å². The first-order valence-electron chi connectivity index (χ1n) is 5.85. The lowest BCUT2D eigenvalue weighted by Gasteiger charge is -2.04. The fraction of sp³-hybridized carbons (Fsp3) is 0.273. The first kappa shape index (κ1) is 14.1. The Morgan fingerprint density at radius 2 is 2.00 bits per heavy atom. The monoisotopic (exact) mass is 295 g/mol. The van der Waals surface area contributed by atoms with Crippen LogP contribution >= 0.6 is 0 Å². The van der Waals surface area contributed by atoms with Gasteiger partial charge >= 0.3 is 0 Å². The Hall–Kier alpha value is -2.29. The van der Waals surface area contributed by atoms with Crippen molar-refractivity contribution in [3.05, 3.63) is 36.2 Å². The molecule has 9 heteroatoms. The van der Waals surface area contributed by atoms with Crippen LogP contribution in [0.25, 0.3) is 0 Å². The van der Waals surface area contributed by atoms with Gasteiger partial charge in [-0.1, -0.05) is 23.4 Å². The van der Waals surface area contributed by atoms with Gasteiger partial charge in [-0.15, -0.1) is 10.2 Å².